The molecule has 0 atom stereocenters. The number of ether oxygens (including phenoxy) is 4. The maximum absolute atomic E-state index is 12.7. The first-order valence-corrected chi connectivity index (χ1v) is 10.6. The second-order valence-corrected chi connectivity index (χ2v) is 8.09. The zero-order chi connectivity index (χ0) is 21.6. The standard InChI is InChI=1S/C22H23NO6S/c1-16-4-11-20(12-5-16)30(24,25)23-21-13-10-19(14-22(21)28-15-26-2)29-18-8-6-17(27-3)7-9-18/h4-14,23H,15H2,1-3H3. The Kier molecular flexibility index (Phi) is 6.81. The molecule has 0 aliphatic heterocycles. The molecule has 0 amide bonds. The predicted octanol–water partition coefficient (Wildman–Crippen LogP) is 4.58. The summed E-state index contributed by atoms with van der Waals surface area (Å²) in [6.07, 6.45) is 0. The van der Waals surface area contributed by atoms with Crippen molar-refractivity contribution in [2.24, 2.45) is 0 Å². The molecular weight excluding hydrogens is 406 g/mol. The summed E-state index contributed by atoms with van der Waals surface area (Å²) in [7, 11) is -0.714. The molecule has 0 fully saturated rings. The molecule has 0 aromatic heterocycles. The first-order valence-electron chi connectivity index (χ1n) is 9.08. The van der Waals surface area contributed by atoms with Gasteiger partial charge in [-0.05, 0) is 55.5 Å². The predicted molar refractivity (Wildman–Crippen MR) is 114 cm³/mol. The lowest BCUT2D eigenvalue weighted by molar-refractivity contribution is 0.0515. The number of anilines is 1. The fourth-order valence-electron chi connectivity index (χ4n) is 2.59. The second-order valence-electron chi connectivity index (χ2n) is 6.40. The Morgan fingerprint density at radius 2 is 1.47 bits per heavy atom. The molecule has 0 saturated heterocycles. The summed E-state index contributed by atoms with van der Waals surface area (Å²) in [4.78, 5) is 0.157. The molecule has 3 rings (SSSR count). The summed E-state index contributed by atoms with van der Waals surface area (Å²) in [5.41, 5.74) is 1.24. The van der Waals surface area contributed by atoms with Crippen LogP contribution in [-0.2, 0) is 14.8 Å². The van der Waals surface area contributed by atoms with Crippen molar-refractivity contribution in [1.82, 2.24) is 0 Å². The molecule has 158 valence electrons. The van der Waals surface area contributed by atoms with E-state index < -0.39 is 10.0 Å². The van der Waals surface area contributed by atoms with Crippen molar-refractivity contribution < 1.29 is 27.4 Å². The number of methoxy groups -OCH3 is 2. The molecule has 0 radical (unpaired) electrons. The van der Waals surface area contributed by atoms with Gasteiger partial charge in [0.25, 0.3) is 10.0 Å². The van der Waals surface area contributed by atoms with Crippen LogP contribution in [0.5, 0.6) is 23.0 Å². The molecule has 3 aromatic carbocycles. The third-order valence-corrected chi connectivity index (χ3v) is 5.54. The van der Waals surface area contributed by atoms with Crippen LogP contribution in [0.2, 0.25) is 0 Å². The van der Waals surface area contributed by atoms with Crippen molar-refractivity contribution in [3.8, 4) is 23.0 Å². The van der Waals surface area contributed by atoms with E-state index in [0.717, 1.165) is 5.56 Å². The molecule has 30 heavy (non-hydrogen) atoms. The highest BCUT2D eigenvalue weighted by molar-refractivity contribution is 7.92. The monoisotopic (exact) mass is 429 g/mol. The Hall–Kier alpha value is -3.23. The van der Waals surface area contributed by atoms with Gasteiger partial charge in [-0.15, -0.1) is 0 Å². The van der Waals surface area contributed by atoms with Crippen LogP contribution in [0.1, 0.15) is 5.56 Å². The van der Waals surface area contributed by atoms with E-state index in [4.69, 9.17) is 18.9 Å². The van der Waals surface area contributed by atoms with Crippen molar-refractivity contribution >= 4 is 15.7 Å². The lowest BCUT2D eigenvalue weighted by atomic mass is 10.2. The van der Waals surface area contributed by atoms with Crippen molar-refractivity contribution in [2.45, 2.75) is 11.8 Å². The molecule has 0 aliphatic rings. The summed E-state index contributed by atoms with van der Waals surface area (Å²) < 4.78 is 49.5. The summed E-state index contributed by atoms with van der Waals surface area (Å²) in [6.45, 7) is 1.84. The minimum absolute atomic E-state index is 0.0503. The van der Waals surface area contributed by atoms with Gasteiger partial charge in [0.1, 0.15) is 23.0 Å². The van der Waals surface area contributed by atoms with Gasteiger partial charge in [-0.3, -0.25) is 4.72 Å². The molecule has 0 spiro atoms. The Morgan fingerprint density at radius 1 is 0.833 bits per heavy atom. The van der Waals surface area contributed by atoms with E-state index in [2.05, 4.69) is 4.72 Å². The van der Waals surface area contributed by atoms with Gasteiger partial charge < -0.3 is 18.9 Å². The SMILES string of the molecule is COCOc1cc(Oc2ccc(OC)cc2)ccc1NS(=O)(=O)c1ccc(C)cc1. The molecule has 0 bridgehead atoms. The van der Waals surface area contributed by atoms with Gasteiger partial charge in [-0.25, -0.2) is 8.42 Å². The Morgan fingerprint density at radius 3 is 2.10 bits per heavy atom. The molecule has 0 unspecified atom stereocenters. The zero-order valence-electron chi connectivity index (χ0n) is 16.9. The van der Waals surface area contributed by atoms with E-state index in [1.54, 1.807) is 73.8 Å². The molecule has 7 nitrogen and oxygen atoms in total. The summed E-state index contributed by atoms with van der Waals surface area (Å²) in [5.74, 6) is 2.07. The molecular formula is C22H23NO6S. The third kappa shape index (κ3) is 5.43. The van der Waals surface area contributed by atoms with Gasteiger partial charge in [-0.2, -0.15) is 0 Å². The highest BCUT2D eigenvalue weighted by Crippen LogP contribution is 2.33. The minimum atomic E-state index is -3.78. The number of hydrogen-bond donors (Lipinski definition) is 1. The molecule has 0 heterocycles. The summed E-state index contributed by atoms with van der Waals surface area (Å²) in [5, 5.41) is 0. The Balaban J connectivity index is 1.85. The van der Waals surface area contributed by atoms with Crippen LogP contribution < -0.4 is 18.9 Å². The molecule has 3 aromatic rings. The van der Waals surface area contributed by atoms with Crippen molar-refractivity contribution in [3.05, 3.63) is 72.3 Å². The lowest BCUT2D eigenvalue weighted by Crippen LogP contribution is -2.14. The quantitative estimate of drug-likeness (QED) is 0.502. The van der Waals surface area contributed by atoms with Crippen LogP contribution in [0.3, 0.4) is 0 Å². The Bertz CT molecular complexity index is 1080. The van der Waals surface area contributed by atoms with E-state index in [1.807, 2.05) is 6.92 Å². The molecule has 0 saturated carbocycles. The van der Waals surface area contributed by atoms with E-state index in [-0.39, 0.29) is 23.1 Å². The van der Waals surface area contributed by atoms with Crippen LogP contribution in [0.15, 0.2) is 71.6 Å². The average molecular weight is 429 g/mol. The first-order chi connectivity index (χ1) is 14.4. The van der Waals surface area contributed by atoms with Gasteiger partial charge in [0.2, 0.25) is 0 Å². The van der Waals surface area contributed by atoms with Gasteiger partial charge in [0.15, 0.2) is 6.79 Å². The molecule has 1 N–H and O–H groups in total. The first kappa shape index (κ1) is 21.5. The fourth-order valence-corrected chi connectivity index (χ4v) is 3.66. The van der Waals surface area contributed by atoms with Crippen LogP contribution in [0.25, 0.3) is 0 Å². The number of rotatable bonds is 9. The van der Waals surface area contributed by atoms with Crippen LogP contribution in [0.4, 0.5) is 5.69 Å². The van der Waals surface area contributed by atoms with Gasteiger partial charge in [0, 0.05) is 13.2 Å². The topological polar surface area (TPSA) is 83.1 Å². The van der Waals surface area contributed by atoms with Crippen molar-refractivity contribution in [1.29, 1.82) is 0 Å². The number of nitrogens with one attached hydrogen (secondary N) is 1. The fraction of sp³-hybridized carbons (Fsp3) is 0.182. The van der Waals surface area contributed by atoms with Crippen LogP contribution >= 0.6 is 0 Å². The molecule has 0 aliphatic carbocycles. The second kappa shape index (κ2) is 9.51. The number of benzene rings is 3. The summed E-state index contributed by atoms with van der Waals surface area (Å²) >= 11 is 0. The number of aryl methyl sites for hydroxylation is 1. The smallest absolute Gasteiger partial charge is 0.262 e. The lowest BCUT2D eigenvalue weighted by Gasteiger charge is -2.15. The Labute approximate surface area is 176 Å². The van der Waals surface area contributed by atoms with E-state index in [1.165, 1.54) is 7.11 Å². The van der Waals surface area contributed by atoms with E-state index in [9.17, 15) is 8.42 Å². The minimum Gasteiger partial charge on any atom is -0.497 e. The third-order valence-electron chi connectivity index (χ3n) is 4.16. The van der Waals surface area contributed by atoms with Gasteiger partial charge >= 0.3 is 0 Å². The van der Waals surface area contributed by atoms with Crippen molar-refractivity contribution in [2.75, 3.05) is 25.7 Å². The van der Waals surface area contributed by atoms with E-state index in [0.29, 0.717) is 17.2 Å². The van der Waals surface area contributed by atoms with Crippen LogP contribution in [-0.4, -0.2) is 29.4 Å². The van der Waals surface area contributed by atoms with Crippen molar-refractivity contribution in [3.63, 3.8) is 0 Å². The maximum atomic E-state index is 12.7. The van der Waals surface area contributed by atoms with Gasteiger partial charge in [-0.1, -0.05) is 17.7 Å². The largest absolute Gasteiger partial charge is 0.497 e. The number of sulfonamides is 1. The molecule has 8 heteroatoms. The van der Waals surface area contributed by atoms with Gasteiger partial charge in [0.05, 0.1) is 17.7 Å². The zero-order valence-corrected chi connectivity index (χ0v) is 17.7. The highest BCUT2D eigenvalue weighted by atomic mass is 32.2. The normalized spacial score (nSPS) is 11.0. The van der Waals surface area contributed by atoms with E-state index >= 15 is 0 Å². The van der Waals surface area contributed by atoms with Crippen LogP contribution in [0, 0.1) is 6.92 Å². The summed E-state index contributed by atoms with van der Waals surface area (Å²) in [6, 6.07) is 18.5. The highest BCUT2D eigenvalue weighted by Gasteiger charge is 2.17. The average Bonchev–Trinajstić information content (AvgIpc) is 2.74. The number of hydrogen-bond acceptors (Lipinski definition) is 6. The maximum Gasteiger partial charge on any atom is 0.262 e.